The summed E-state index contributed by atoms with van der Waals surface area (Å²) in [6.07, 6.45) is -1.20. The van der Waals surface area contributed by atoms with Crippen molar-refractivity contribution in [3.05, 3.63) is 65.7 Å². The van der Waals surface area contributed by atoms with Gasteiger partial charge in [0.05, 0.1) is 19.0 Å². The molecule has 0 fully saturated rings. The minimum atomic E-state index is -1.64. The van der Waals surface area contributed by atoms with Crippen LogP contribution in [0.25, 0.3) is 0 Å². The Hall–Kier alpha value is -6.57. The van der Waals surface area contributed by atoms with E-state index >= 15 is 0 Å². The molecule has 0 aliphatic carbocycles. The highest BCUT2D eigenvalue weighted by Crippen LogP contribution is 2.13. The van der Waals surface area contributed by atoms with Crippen LogP contribution in [-0.2, 0) is 56.0 Å². The van der Waals surface area contributed by atoms with Crippen molar-refractivity contribution in [1.82, 2.24) is 31.9 Å². The van der Waals surface area contributed by atoms with Crippen molar-refractivity contribution in [1.29, 1.82) is 0 Å². The maximum absolute atomic E-state index is 13.7. The maximum atomic E-state index is 13.7. The van der Waals surface area contributed by atoms with Crippen LogP contribution in [0.4, 0.5) is 0 Å². The number of carboxylic acids is 1. The average Bonchev–Trinajstić information content (AvgIpc) is 3.16. The van der Waals surface area contributed by atoms with E-state index in [0.717, 1.165) is 0 Å². The molecule has 0 aliphatic heterocycles. The third-order valence-electron chi connectivity index (χ3n) is 8.91. The third-order valence-corrected chi connectivity index (χ3v) is 8.91. The first kappa shape index (κ1) is 47.6. The fourth-order valence-electron chi connectivity index (χ4n) is 5.42. The van der Waals surface area contributed by atoms with Crippen molar-refractivity contribution in [2.45, 2.75) is 95.5 Å². The molecule has 2 rings (SSSR count). The zero-order valence-electron chi connectivity index (χ0n) is 32.5. The van der Waals surface area contributed by atoms with Crippen molar-refractivity contribution in [2.24, 2.45) is 23.1 Å². The second-order valence-corrected chi connectivity index (χ2v) is 13.8. The van der Waals surface area contributed by atoms with Crippen molar-refractivity contribution < 1.29 is 53.4 Å². The second kappa shape index (κ2) is 23.5. The summed E-state index contributed by atoms with van der Waals surface area (Å²) in [5.74, 6) is -8.86. The molecule has 0 radical (unpaired) electrons. The van der Waals surface area contributed by atoms with Gasteiger partial charge in [-0.2, -0.15) is 0 Å². The summed E-state index contributed by atoms with van der Waals surface area (Å²) in [4.78, 5) is 115. The van der Waals surface area contributed by atoms with Crippen molar-refractivity contribution in [3.63, 3.8) is 0 Å². The van der Waals surface area contributed by atoms with Gasteiger partial charge >= 0.3 is 5.97 Å². The molecule has 20 nitrogen and oxygen atoms in total. The molecule has 0 bridgehead atoms. The van der Waals surface area contributed by atoms with E-state index in [1.165, 1.54) is 31.2 Å². The van der Waals surface area contributed by atoms with Crippen LogP contribution >= 0.6 is 0 Å². The van der Waals surface area contributed by atoms with Gasteiger partial charge in [0, 0.05) is 19.3 Å². The number of amides is 8. The lowest BCUT2D eigenvalue weighted by Crippen LogP contribution is -2.59. The van der Waals surface area contributed by atoms with Crippen molar-refractivity contribution >= 4 is 53.2 Å². The number of carbonyl (C=O) groups excluding carboxylic acids is 8. The Balaban J connectivity index is 2.25. The number of carboxylic acid groups (broad SMARTS) is 1. The fourth-order valence-corrected chi connectivity index (χ4v) is 5.42. The topological polar surface area (TPSA) is 344 Å². The summed E-state index contributed by atoms with van der Waals surface area (Å²) >= 11 is 0. The Morgan fingerprint density at radius 3 is 1.74 bits per heavy atom. The van der Waals surface area contributed by atoms with Gasteiger partial charge in [-0.3, -0.25) is 38.4 Å². The lowest BCUT2D eigenvalue weighted by molar-refractivity contribution is -0.142. The standard InChI is InChI=1S/C38H53N9O11/c1-4-20(2)32(47-33(52)21(3)39)37(56)44-25(14-15-29(40)49)35(54)45-26(16-22-8-6-5-7-9-22)34(53)42-19-31(51)43-27(18-30(41)50)36(55)46-28(38(57)58)17-23-10-12-24(48)13-11-23/h5-13,20-21,25-28,32,48H,4,14-19,39H2,1-3H3,(H2,40,49)(H2,41,50)(H,42,53)(H,43,51)(H,44,56)(H,45,54)(H,46,55)(H,47,52)(H,57,58)/t20-,21-,25-,26-,27-,28-,32-/m0/s1. The summed E-state index contributed by atoms with van der Waals surface area (Å²) in [6, 6.07) is 6.00. The molecule has 0 spiro atoms. The number of aliphatic carboxylic acids is 1. The molecule has 2 aromatic rings. The predicted octanol–water partition coefficient (Wildman–Crippen LogP) is -2.66. The Kier molecular flexibility index (Phi) is 19.3. The Labute approximate surface area is 334 Å². The first-order chi connectivity index (χ1) is 27.3. The van der Waals surface area contributed by atoms with E-state index in [1.54, 1.807) is 44.2 Å². The number of nitrogens with two attached hydrogens (primary N) is 3. The highest BCUT2D eigenvalue weighted by Gasteiger charge is 2.33. The molecule has 20 heteroatoms. The normalized spacial score (nSPS) is 14.4. The number of rotatable bonds is 24. The van der Waals surface area contributed by atoms with Crippen molar-refractivity contribution in [3.8, 4) is 5.75 Å². The van der Waals surface area contributed by atoms with Gasteiger partial charge < -0.3 is 59.3 Å². The molecule has 0 saturated heterocycles. The number of phenolic OH excluding ortho intramolecular Hbond substituents is 1. The molecular weight excluding hydrogens is 758 g/mol. The molecule has 58 heavy (non-hydrogen) atoms. The first-order valence-corrected chi connectivity index (χ1v) is 18.5. The number of benzene rings is 2. The van der Waals surface area contributed by atoms with Crippen LogP contribution < -0.4 is 49.1 Å². The van der Waals surface area contributed by atoms with E-state index < -0.39 is 108 Å². The molecule has 316 valence electrons. The smallest absolute Gasteiger partial charge is 0.326 e. The Bertz CT molecular complexity index is 1770. The van der Waals surface area contributed by atoms with Gasteiger partial charge in [0.2, 0.25) is 47.3 Å². The molecule has 0 heterocycles. The van der Waals surface area contributed by atoms with Gasteiger partial charge in [0.15, 0.2) is 0 Å². The quantitative estimate of drug-likeness (QED) is 0.0518. The molecule has 2 aromatic carbocycles. The number of carbonyl (C=O) groups is 9. The van der Waals surface area contributed by atoms with E-state index in [4.69, 9.17) is 17.2 Å². The van der Waals surface area contributed by atoms with Crippen LogP contribution in [0.3, 0.4) is 0 Å². The number of hydrogen-bond acceptors (Lipinski definition) is 11. The minimum absolute atomic E-state index is 0.0605. The number of primary amides is 2. The van der Waals surface area contributed by atoms with Crippen LogP contribution in [0, 0.1) is 5.92 Å². The molecule has 0 aromatic heterocycles. The molecule has 14 N–H and O–H groups in total. The summed E-state index contributed by atoms with van der Waals surface area (Å²) in [7, 11) is 0. The highest BCUT2D eigenvalue weighted by molar-refractivity contribution is 5.97. The lowest BCUT2D eigenvalue weighted by Gasteiger charge is -2.28. The second-order valence-electron chi connectivity index (χ2n) is 13.8. The van der Waals surface area contributed by atoms with E-state index in [2.05, 4.69) is 31.9 Å². The zero-order chi connectivity index (χ0) is 43.5. The Morgan fingerprint density at radius 1 is 0.638 bits per heavy atom. The van der Waals surface area contributed by atoms with E-state index in [-0.39, 0.29) is 31.4 Å². The monoisotopic (exact) mass is 811 g/mol. The predicted molar refractivity (Wildman–Crippen MR) is 208 cm³/mol. The van der Waals surface area contributed by atoms with E-state index in [9.17, 15) is 53.4 Å². The van der Waals surface area contributed by atoms with Crippen LogP contribution in [0.5, 0.6) is 5.75 Å². The van der Waals surface area contributed by atoms with Crippen LogP contribution in [0.15, 0.2) is 54.6 Å². The molecule has 8 amide bonds. The van der Waals surface area contributed by atoms with Gasteiger partial charge in [-0.15, -0.1) is 0 Å². The summed E-state index contributed by atoms with van der Waals surface area (Å²) in [5, 5.41) is 33.7. The zero-order valence-corrected chi connectivity index (χ0v) is 32.5. The SMILES string of the molecule is CC[C@H](C)[C@H](NC(=O)[C@H](C)N)C(=O)N[C@@H](CCC(N)=O)C(=O)N[C@@H](Cc1ccccc1)C(=O)NCC(=O)N[C@@H](CC(N)=O)C(=O)N[C@@H](Cc1ccc(O)cc1)C(=O)O. The average molecular weight is 812 g/mol. The number of aromatic hydroxyl groups is 1. The van der Waals surface area contributed by atoms with E-state index in [1.807, 2.05) is 0 Å². The lowest BCUT2D eigenvalue weighted by atomic mass is 9.97. The van der Waals surface area contributed by atoms with Crippen LogP contribution in [0.2, 0.25) is 0 Å². The molecule has 0 aliphatic rings. The highest BCUT2D eigenvalue weighted by atomic mass is 16.4. The van der Waals surface area contributed by atoms with Gasteiger partial charge in [-0.25, -0.2) is 4.79 Å². The van der Waals surface area contributed by atoms with Gasteiger partial charge in [-0.1, -0.05) is 62.7 Å². The largest absolute Gasteiger partial charge is 0.508 e. The maximum Gasteiger partial charge on any atom is 0.326 e. The Morgan fingerprint density at radius 2 is 1.19 bits per heavy atom. The third kappa shape index (κ3) is 16.7. The van der Waals surface area contributed by atoms with Crippen molar-refractivity contribution in [2.75, 3.05) is 6.54 Å². The summed E-state index contributed by atoms with van der Waals surface area (Å²) in [6.45, 7) is 4.14. The number of hydrogen-bond donors (Lipinski definition) is 11. The van der Waals surface area contributed by atoms with Crippen LogP contribution in [0.1, 0.15) is 57.6 Å². The number of phenols is 1. The molecule has 0 saturated carbocycles. The number of nitrogens with one attached hydrogen (secondary N) is 6. The van der Waals surface area contributed by atoms with Gasteiger partial charge in [0.1, 0.15) is 36.0 Å². The summed E-state index contributed by atoms with van der Waals surface area (Å²) in [5.41, 5.74) is 17.3. The summed E-state index contributed by atoms with van der Waals surface area (Å²) < 4.78 is 0. The fraction of sp³-hybridized carbons (Fsp3) is 0.447. The molecule has 7 atom stereocenters. The molecule has 0 unspecified atom stereocenters. The minimum Gasteiger partial charge on any atom is -0.508 e. The van der Waals surface area contributed by atoms with Crippen LogP contribution in [-0.4, -0.2) is 106 Å². The molecular formula is C38H53N9O11. The first-order valence-electron chi connectivity index (χ1n) is 18.5. The van der Waals surface area contributed by atoms with E-state index in [0.29, 0.717) is 17.5 Å². The van der Waals surface area contributed by atoms with Gasteiger partial charge in [-0.05, 0) is 42.5 Å². The van der Waals surface area contributed by atoms with Gasteiger partial charge in [0.25, 0.3) is 0 Å².